The second-order valence-corrected chi connectivity index (χ2v) is 5.46. The Bertz CT molecular complexity index is 793. The van der Waals surface area contributed by atoms with Crippen LogP contribution in [0.1, 0.15) is 5.01 Å². The Morgan fingerprint density at radius 3 is 3.00 bits per heavy atom. The Morgan fingerprint density at radius 1 is 1.39 bits per heavy atom. The molecule has 0 aliphatic heterocycles. The van der Waals surface area contributed by atoms with Crippen LogP contribution in [0.15, 0.2) is 29.1 Å². The van der Waals surface area contributed by atoms with Crippen LogP contribution in [-0.2, 0) is 0 Å². The number of aromatic nitrogens is 3. The molecule has 2 aromatic heterocycles. The second-order valence-electron chi connectivity index (χ2n) is 3.82. The van der Waals surface area contributed by atoms with Crippen molar-refractivity contribution in [2.75, 3.05) is 0 Å². The number of H-pyrrole nitrogens is 1. The minimum Gasteiger partial charge on any atom is -0.265 e. The van der Waals surface area contributed by atoms with Crippen molar-refractivity contribution < 1.29 is 0 Å². The molecule has 4 nitrogen and oxygen atoms in total. The van der Waals surface area contributed by atoms with E-state index >= 15 is 0 Å². The van der Waals surface area contributed by atoms with Crippen molar-refractivity contribution in [3.05, 3.63) is 44.6 Å². The minimum atomic E-state index is -0.264. The molecular formula is C12H8ClN3OS. The second kappa shape index (κ2) is 4.19. The number of hydrogen-bond donors (Lipinski definition) is 1. The lowest BCUT2D eigenvalue weighted by atomic mass is 10.1. The highest BCUT2D eigenvalue weighted by Crippen LogP contribution is 2.29. The lowest BCUT2D eigenvalue weighted by Crippen LogP contribution is -2.09. The van der Waals surface area contributed by atoms with Crippen LogP contribution in [0.25, 0.3) is 21.5 Å². The lowest BCUT2D eigenvalue weighted by molar-refractivity contribution is 1.01. The highest BCUT2D eigenvalue weighted by molar-refractivity contribution is 7.19. The number of aryl methyl sites for hydroxylation is 1. The Hall–Kier alpha value is -1.72. The van der Waals surface area contributed by atoms with Gasteiger partial charge in [-0.05, 0) is 19.1 Å². The first kappa shape index (κ1) is 11.4. The molecule has 90 valence electrons. The predicted molar refractivity (Wildman–Crippen MR) is 73.2 cm³/mol. The van der Waals surface area contributed by atoms with Crippen LogP contribution in [0.4, 0.5) is 0 Å². The van der Waals surface area contributed by atoms with E-state index in [1.807, 2.05) is 25.1 Å². The summed E-state index contributed by atoms with van der Waals surface area (Å²) in [6, 6.07) is 7.37. The van der Waals surface area contributed by atoms with Gasteiger partial charge in [-0.3, -0.25) is 4.79 Å². The largest absolute Gasteiger partial charge is 0.291 e. The van der Waals surface area contributed by atoms with Crippen molar-refractivity contribution in [1.29, 1.82) is 0 Å². The van der Waals surface area contributed by atoms with Crippen LogP contribution in [0.3, 0.4) is 0 Å². The van der Waals surface area contributed by atoms with E-state index in [4.69, 9.17) is 11.6 Å². The Kier molecular flexibility index (Phi) is 2.65. The molecule has 0 bridgehead atoms. The monoisotopic (exact) mass is 277 g/mol. The molecule has 0 spiro atoms. The number of benzene rings is 1. The van der Waals surface area contributed by atoms with Crippen LogP contribution < -0.4 is 5.56 Å². The number of halogens is 1. The van der Waals surface area contributed by atoms with Gasteiger partial charge in [-0.1, -0.05) is 23.7 Å². The summed E-state index contributed by atoms with van der Waals surface area (Å²) in [4.78, 5) is 15.9. The van der Waals surface area contributed by atoms with E-state index in [1.165, 1.54) is 11.3 Å². The van der Waals surface area contributed by atoms with Gasteiger partial charge in [0.1, 0.15) is 5.69 Å². The van der Waals surface area contributed by atoms with Gasteiger partial charge in [0.2, 0.25) is 0 Å². The SMILES string of the molecule is Cc1nc2c(=O)[nH]nc(-c3cccc(Cl)c3)c2s1. The van der Waals surface area contributed by atoms with Crippen LogP contribution in [0, 0.1) is 6.92 Å². The summed E-state index contributed by atoms with van der Waals surface area (Å²) in [6.07, 6.45) is 0. The molecule has 0 saturated carbocycles. The zero-order valence-corrected chi connectivity index (χ0v) is 11.0. The maximum atomic E-state index is 11.6. The van der Waals surface area contributed by atoms with Crippen molar-refractivity contribution in [3.63, 3.8) is 0 Å². The molecule has 3 aromatic rings. The Morgan fingerprint density at radius 2 is 2.22 bits per heavy atom. The van der Waals surface area contributed by atoms with E-state index in [2.05, 4.69) is 15.2 Å². The third kappa shape index (κ3) is 1.81. The third-order valence-corrected chi connectivity index (χ3v) is 3.74. The van der Waals surface area contributed by atoms with Gasteiger partial charge in [-0.15, -0.1) is 11.3 Å². The molecule has 0 fully saturated rings. The molecule has 0 saturated heterocycles. The Labute approximate surface area is 111 Å². The van der Waals surface area contributed by atoms with Gasteiger partial charge in [0.15, 0.2) is 5.52 Å². The summed E-state index contributed by atoms with van der Waals surface area (Å²) >= 11 is 7.43. The number of hydrogen-bond acceptors (Lipinski definition) is 4. The number of thiazole rings is 1. The quantitative estimate of drug-likeness (QED) is 0.744. The first-order valence-electron chi connectivity index (χ1n) is 5.27. The zero-order valence-electron chi connectivity index (χ0n) is 9.40. The number of rotatable bonds is 1. The van der Waals surface area contributed by atoms with Crippen LogP contribution in [0.5, 0.6) is 0 Å². The number of nitrogens with zero attached hydrogens (tertiary/aromatic N) is 2. The molecule has 0 radical (unpaired) electrons. The lowest BCUT2D eigenvalue weighted by Gasteiger charge is -2.01. The number of fused-ring (bicyclic) bond motifs is 1. The Balaban J connectivity index is 2.36. The molecule has 0 aliphatic carbocycles. The van der Waals surface area contributed by atoms with E-state index in [1.54, 1.807) is 6.07 Å². The molecule has 6 heteroatoms. The number of aromatic amines is 1. The van der Waals surface area contributed by atoms with E-state index in [-0.39, 0.29) is 5.56 Å². The van der Waals surface area contributed by atoms with Gasteiger partial charge >= 0.3 is 0 Å². The average molecular weight is 278 g/mol. The summed E-state index contributed by atoms with van der Waals surface area (Å²) in [5.41, 5.74) is 1.74. The fraction of sp³-hybridized carbons (Fsp3) is 0.0833. The maximum absolute atomic E-state index is 11.6. The summed E-state index contributed by atoms with van der Waals surface area (Å²) in [5, 5.41) is 8.05. The van der Waals surface area contributed by atoms with Gasteiger partial charge in [0.05, 0.1) is 9.71 Å². The van der Waals surface area contributed by atoms with Crippen molar-refractivity contribution in [3.8, 4) is 11.3 Å². The summed E-state index contributed by atoms with van der Waals surface area (Å²) in [5.74, 6) is 0. The molecule has 2 heterocycles. The summed E-state index contributed by atoms with van der Waals surface area (Å²) in [6.45, 7) is 1.87. The van der Waals surface area contributed by atoms with Crippen molar-refractivity contribution >= 4 is 33.2 Å². The summed E-state index contributed by atoms with van der Waals surface area (Å²) < 4.78 is 0.790. The molecule has 1 aromatic carbocycles. The normalized spacial score (nSPS) is 11.0. The van der Waals surface area contributed by atoms with Crippen molar-refractivity contribution in [1.82, 2.24) is 15.2 Å². The van der Waals surface area contributed by atoms with Gasteiger partial charge in [0.25, 0.3) is 5.56 Å². The van der Waals surface area contributed by atoms with E-state index in [0.29, 0.717) is 16.2 Å². The molecule has 0 atom stereocenters. The minimum absolute atomic E-state index is 0.264. The van der Waals surface area contributed by atoms with Gasteiger partial charge in [-0.25, -0.2) is 10.1 Å². The predicted octanol–water partition coefficient (Wildman–Crippen LogP) is 3.01. The van der Waals surface area contributed by atoms with Crippen molar-refractivity contribution in [2.24, 2.45) is 0 Å². The molecule has 0 amide bonds. The van der Waals surface area contributed by atoms with Gasteiger partial charge < -0.3 is 0 Å². The van der Waals surface area contributed by atoms with Crippen LogP contribution in [0.2, 0.25) is 5.02 Å². The molecule has 1 N–H and O–H groups in total. The third-order valence-electron chi connectivity index (χ3n) is 2.53. The highest BCUT2D eigenvalue weighted by atomic mass is 35.5. The van der Waals surface area contributed by atoms with Crippen LogP contribution in [-0.4, -0.2) is 15.2 Å². The molecule has 18 heavy (non-hydrogen) atoms. The highest BCUT2D eigenvalue weighted by Gasteiger charge is 2.12. The first-order valence-corrected chi connectivity index (χ1v) is 6.46. The smallest absolute Gasteiger partial charge is 0.265 e. The molecule has 3 rings (SSSR count). The van der Waals surface area contributed by atoms with Gasteiger partial charge in [0, 0.05) is 10.6 Å². The molecular weight excluding hydrogens is 270 g/mol. The zero-order chi connectivity index (χ0) is 12.7. The van der Waals surface area contributed by atoms with Crippen LogP contribution >= 0.6 is 22.9 Å². The fourth-order valence-electron chi connectivity index (χ4n) is 1.78. The van der Waals surface area contributed by atoms with E-state index in [0.717, 1.165) is 15.3 Å². The topological polar surface area (TPSA) is 58.6 Å². The van der Waals surface area contributed by atoms with E-state index in [9.17, 15) is 4.79 Å². The average Bonchev–Trinajstić information content (AvgIpc) is 2.72. The first-order chi connectivity index (χ1) is 8.65. The summed E-state index contributed by atoms with van der Waals surface area (Å²) in [7, 11) is 0. The maximum Gasteiger partial charge on any atom is 0.291 e. The molecule has 0 aliphatic rings. The van der Waals surface area contributed by atoms with Gasteiger partial charge in [-0.2, -0.15) is 5.10 Å². The fourth-order valence-corrected chi connectivity index (χ4v) is 2.90. The number of nitrogens with one attached hydrogen (secondary N) is 1. The molecule has 0 unspecified atom stereocenters. The standard InChI is InChI=1S/C12H8ClN3OS/c1-6-14-10-11(18-6)9(15-16-12(10)17)7-3-2-4-8(13)5-7/h2-5H,1H3,(H,16,17). The van der Waals surface area contributed by atoms with Crippen molar-refractivity contribution in [2.45, 2.75) is 6.92 Å². The van der Waals surface area contributed by atoms with E-state index < -0.39 is 0 Å².